The smallest absolute Gasteiger partial charge is 0.234 e. The van der Waals surface area contributed by atoms with Crippen molar-refractivity contribution in [2.45, 2.75) is 43.3 Å². The Kier molecular flexibility index (Phi) is 4.49. The van der Waals surface area contributed by atoms with Gasteiger partial charge in [-0.2, -0.15) is 0 Å². The molecule has 1 fully saturated rings. The fourth-order valence-corrected chi connectivity index (χ4v) is 5.10. The van der Waals surface area contributed by atoms with Crippen LogP contribution in [0.4, 0.5) is 5.69 Å². The number of benzene rings is 1. The molecular formula is C20H20N4OS2. The SMILES string of the molecule is O=C(CSc1nnc(-c2cccs2)n1C1CC1)Nc1ccc2c(c1)CCC2. The molecule has 0 spiro atoms. The van der Waals surface area contributed by atoms with Gasteiger partial charge < -0.3 is 5.32 Å². The normalized spacial score (nSPS) is 15.7. The predicted octanol–water partition coefficient (Wildman–Crippen LogP) is 4.56. The van der Waals surface area contributed by atoms with Crippen molar-refractivity contribution in [2.24, 2.45) is 0 Å². The summed E-state index contributed by atoms with van der Waals surface area (Å²) >= 11 is 3.14. The second-order valence-corrected chi connectivity index (χ2v) is 8.95. The van der Waals surface area contributed by atoms with Gasteiger partial charge >= 0.3 is 0 Å². The van der Waals surface area contributed by atoms with Crippen LogP contribution < -0.4 is 5.32 Å². The van der Waals surface area contributed by atoms with E-state index in [-0.39, 0.29) is 5.91 Å². The molecule has 3 aromatic rings. The second kappa shape index (κ2) is 7.13. The van der Waals surface area contributed by atoms with E-state index in [2.05, 4.69) is 43.7 Å². The molecule has 1 amide bonds. The summed E-state index contributed by atoms with van der Waals surface area (Å²) in [6.07, 6.45) is 5.80. The average Bonchev–Trinajstić information content (AvgIpc) is 3.08. The van der Waals surface area contributed by atoms with Gasteiger partial charge in [0, 0.05) is 11.7 Å². The number of aromatic nitrogens is 3. The fraction of sp³-hybridized carbons (Fsp3) is 0.350. The summed E-state index contributed by atoms with van der Waals surface area (Å²) in [6, 6.07) is 10.8. The number of carbonyl (C=O) groups excluding carboxylic acids is 1. The van der Waals surface area contributed by atoms with Crippen LogP contribution >= 0.6 is 23.1 Å². The van der Waals surface area contributed by atoms with E-state index in [0.29, 0.717) is 11.8 Å². The Hall–Kier alpha value is -2.12. The fourth-order valence-electron chi connectivity index (χ4n) is 3.59. The first kappa shape index (κ1) is 17.0. The highest BCUT2D eigenvalue weighted by Crippen LogP contribution is 2.41. The monoisotopic (exact) mass is 396 g/mol. The highest BCUT2D eigenvalue weighted by Gasteiger charge is 2.30. The number of hydrogen-bond acceptors (Lipinski definition) is 5. The largest absolute Gasteiger partial charge is 0.325 e. The molecule has 2 aliphatic carbocycles. The molecular weight excluding hydrogens is 376 g/mol. The third-order valence-electron chi connectivity index (χ3n) is 5.03. The molecule has 1 aromatic carbocycles. The lowest BCUT2D eigenvalue weighted by Crippen LogP contribution is -2.14. The number of amides is 1. The van der Waals surface area contributed by atoms with Crippen molar-refractivity contribution in [3.05, 3.63) is 46.8 Å². The highest BCUT2D eigenvalue weighted by atomic mass is 32.2. The van der Waals surface area contributed by atoms with Gasteiger partial charge in [0.25, 0.3) is 0 Å². The number of thiophene rings is 1. The molecule has 0 unspecified atom stereocenters. The van der Waals surface area contributed by atoms with Crippen LogP contribution in [0, 0.1) is 0 Å². The predicted molar refractivity (Wildman–Crippen MR) is 109 cm³/mol. The number of aryl methyl sites for hydroxylation is 2. The molecule has 1 saturated carbocycles. The van der Waals surface area contributed by atoms with Crippen molar-refractivity contribution in [1.82, 2.24) is 14.8 Å². The van der Waals surface area contributed by atoms with Gasteiger partial charge in [-0.15, -0.1) is 21.5 Å². The zero-order valence-electron chi connectivity index (χ0n) is 14.9. The minimum atomic E-state index is 0.000896. The molecule has 7 heteroatoms. The molecule has 0 saturated heterocycles. The van der Waals surface area contributed by atoms with Crippen molar-refractivity contribution in [3.8, 4) is 10.7 Å². The summed E-state index contributed by atoms with van der Waals surface area (Å²) in [5.41, 5.74) is 3.68. The van der Waals surface area contributed by atoms with Crippen LogP contribution in [0.3, 0.4) is 0 Å². The van der Waals surface area contributed by atoms with Crippen molar-refractivity contribution in [3.63, 3.8) is 0 Å². The van der Waals surface area contributed by atoms with Crippen molar-refractivity contribution < 1.29 is 4.79 Å². The summed E-state index contributed by atoms with van der Waals surface area (Å²) in [5.74, 6) is 1.27. The third kappa shape index (κ3) is 3.53. The number of anilines is 1. The molecule has 0 atom stereocenters. The van der Waals surface area contributed by atoms with Gasteiger partial charge in [0.2, 0.25) is 5.91 Å². The van der Waals surface area contributed by atoms with E-state index >= 15 is 0 Å². The minimum Gasteiger partial charge on any atom is -0.325 e. The average molecular weight is 397 g/mol. The molecule has 5 rings (SSSR count). The first-order valence-corrected chi connectivity index (χ1v) is 11.2. The lowest BCUT2D eigenvalue weighted by molar-refractivity contribution is -0.113. The molecule has 0 radical (unpaired) electrons. The van der Waals surface area contributed by atoms with Crippen LogP contribution in [0.25, 0.3) is 10.7 Å². The summed E-state index contributed by atoms with van der Waals surface area (Å²) in [7, 11) is 0. The number of nitrogens with one attached hydrogen (secondary N) is 1. The zero-order valence-corrected chi connectivity index (χ0v) is 16.5. The number of carbonyl (C=O) groups is 1. The van der Waals surface area contributed by atoms with E-state index in [1.165, 1.54) is 29.3 Å². The Morgan fingerprint density at radius 1 is 1.22 bits per heavy atom. The van der Waals surface area contributed by atoms with Gasteiger partial charge in [-0.05, 0) is 66.8 Å². The van der Waals surface area contributed by atoms with Crippen LogP contribution in [0.5, 0.6) is 0 Å². The Balaban J connectivity index is 1.27. The number of fused-ring (bicyclic) bond motifs is 1. The van der Waals surface area contributed by atoms with Crippen molar-refractivity contribution in [1.29, 1.82) is 0 Å². The summed E-state index contributed by atoms with van der Waals surface area (Å²) in [5, 5.41) is 14.7. The van der Waals surface area contributed by atoms with Crippen molar-refractivity contribution in [2.75, 3.05) is 11.1 Å². The lowest BCUT2D eigenvalue weighted by Gasteiger charge is -2.09. The summed E-state index contributed by atoms with van der Waals surface area (Å²) in [6.45, 7) is 0. The van der Waals surface area contributed by atoms with E-state index in [1.54, 1.807) is 11.3 Å². The van der Waals surface area contributed by atoms with E-state index in [0.717, 1.165) is 47.2 Å². The van der Waals surface area contributed by atoms with Gasteiger partial charge in [0.05, 0.1) is 10.6 Å². The maximum absolute atomic E-state index is 12.4. The molecule has 1 N–H and O–H groups in total. The quantitative estimate of drug-likeness (QED) is 0.621. The first-order valence-electron chi connectivity index (χ1n) is 9.31. The van der Waals surface area contributed by atoms with Crippen LogP contribution in [0.1, 0.15) is 36.4 Å². The number of hydrogen-bond donors (Lipinski definition) is 1. The van der Waals surface area contributed by atoms with Crippen LogP contribution in [0.2, 0.25) is 0 Å². The van der Waals surface area contributed by atoms with Gasteiger partial charge in [0.1, 0.15) is 0 Å². The maximum atomic E-state index is 12.4. The Labute approximate surface area is 166 Å². The van der Waals surface area contributed by atoms with E-state index in [9.17, 15) is 4.79 Å². The van der Waals surface area contributed by atoms with Crippen LogP contribution in [-0.4, -0.2) is 26.4 Å². The second-order valence-electron chi connectivity index (χ2n) is 7.06. The molecule has 2 aromatic heterocycles. The first-order chi connectivity index (χ1) is 13.3. The molecule has 0 aliphatic heterocycles. The number of nitrogens with zero attached hydrogens (tertiary/aromatic N) is 3. The summed E-state index contributed by atoms with van der Waals surface area (Å²) in [4.78, 5) is 13.6. The van der Waals surface area contributed by atoms with E-state index in [1.807, 2.05) is 12.1 Å². The van der Waals surface area contributed by atoms with Gasteiger partial charge in [-0.25, -0.2) is 0 Å². The van der Waals surface area contributed by atoms with Crippen LogP contribution in [-0.2, 0) is 17.6 Å². The Bertz CT molecular complexity index is 976. The zero-order chi connectivity index (χ0) is 18.2. The lowest BCUT2D eigenvalue weighted by atomic mass is 10.1. The van der Waals surface area contributed by atoms with Gasteiger partial charge in [-0.1, -0.05) is 23.9 Å². The van der Waals surface area contributed by atoms with E-state index in [4.69, 9.17) is 0 Å². The Morgan fingerprint density at radius 2 is 2.11 bits per heavy atom. The molecule has 2 heterocycles. The highest BCUT2D eigenvalue weighted by molar-refractivity contribution is 7.99. The molecule has 2 aliphatic rings. The van der Waals surface area contributed by atoms with E-state index < -0.39 is 0 Å². The Morgan fingerprint density at radius 3 is 2.93 bits per heavy atom. The standard InChI is InChI=1S/C20H20N4OS2/c25-18(21-15-7-6-13-3-1-4-14(13)11-15)12-27-20-23-22-19(17-5-2-10-26-17)24(20)16-8-9-16/h2,5-7,10-11,16H,1,3-4,8-9,12H2,(H,21,25). The van der Waals surface area contributed by atoms with Crippen LogP contribution in [0.15, 0.2) is 40.9 Å². The van der Waals surface area contributed by atoms with Crippen molar-refractivity contribution >= 4 is 34.7 Å². The summed E-state index contributed by atoms with van der Waals surface area (Å²) < 4.78 is 2.21. The maximum Gasteiger partial charge on any atom is 0.234 e. The minimum absolute atomic E-state index is 0.000896. The number of rotatable bonds is 6. The third-order valence-corrected chi connectivity index (χ3v) is 6.84. The number of thioether (sulfide) groups is 1. The molecule has 27 heavy (non-hydrogen) atoms. The molecule has 5 nitrogen and oxygen atoms in total. The van der Waals surface area contributed by atoms with Gasteiger partial charge in [-0.3, -0.25) is 9.36 Å². The molecule has 0 bridgehead atoms. The molecule has 138 valence electrons. The van der Waals surface area contributed by atoms with Gasteiger partial charge in [0.15, 0.2) is 11.0 Å². The topological polar surface area (TPSA) is 59.8 Å².